The van der Waals surface area contributed by atoms with Crippen LogP contribution in [0.4, 0.5) is 0 Å². The van der Waals surface area contributed by atoms with Crippen LogP contribution in [0.3, 0.4) is 0 Å². The molecule has 4 N–H and O–H groups in total. The zero-order chi connectivity index (χ0) is 5.86. The van der Waals surface area contributed by atoms with Gasteiger partial charge in [-0.15, -0.1) is 0 Å². The van der Waals surface area contributed by atoms with Crippen molar-refractivity contribution in [2.75, 3.05) is 6.61 Å². The highest BCUT2D eigenvalue weighted by Crippen LogP contribution is 1.83. The molecule has 3 nitrogen and oxygen atoms in total. The summed E-state index contributed by atoms with van der Waals surface area (Å²) in [6, 6.07) is -0.329. The van der Waals surface area contributed by atoms with E-state index in [0.29, 0.717) is 0 Å². The minimum absolute atomic E-state index is 0.252. The molecule has 0 spiro atoms. The predicted octanol–water partition coefficient (Wildman–Crippen LogP) is -1.31. The molecule has 0 saturated carbocycles. The maximum absolute atomic E-state index is 8.56. The third kappa shape index (κ3) is 2.56. The number of hydrogen-bond acceptors (Lipinski definition) is 3. The first-order chi connectivity index (χ1) is 3.18. The molecule has 0 aromatic rings. The third-order valence-corrected chi connectivity index (χ3v) is 0.794. The molecular formula is C4H11NO2. The Labute approximate surface area is 42.8 Å². The first kappa shape index (κ1) is 6.88. The van der Waals surface area contributed by atoms with Gasteiger partial charge in [0, 0.05) is 6.04 Å². The van der Waals surface area contributed by atoms with E-state index in [1.165, 1.54) is 0 Å². The van der Waals surface area contributed by atoms with Gasteiger partial charge in [-0.3, -0.25) is 0 Å². The fourth-order valence-corrected chi connectivity index (χ4v) is 0.166. The lowest BCUT2D eigenvalue weighted by Gasteiger charge is -2.08. The molecule has 7 heavy (non-hydrogen) atoms. The zero-order valence-corrected chi connectivity index (χ0v) is 4.33. The SMILES string of the molecule is C[C@H](N)[C@H](O)CO. The molecule has 0 fully saturated rings. The second kappa shape index (κ2) is 2.96. The van der Waals surface area contributed by atoms with Crippen molar-refractivity contribution in [2.45, 2.75) is 19.1 Å². The number of rotatable bonds is 2. The maximum Gasteiger partial charge on any atom is 0.0918 e. The van der Waals surface area contributed by atoms with Gasteiger partial charge < -0.3 is 15.9 Å². The highest BCUT2D eigenvalue weighted by Gasteiger charge is 2.05. The minimum Gasteiger partial charge on any atom is -0.394 e. The molecule has 0 unspecified atom stereocenters. The lowest BCUT2D eigenvalue weighted by molar-refractivity contribution is 0.0789. The molecule has 0 bridgehead atoms. The summed E-state index contributed by atoms with van der Waals surface area (Å²) < 4.78 is 0. The summed E-state index contributed by atoms with van der Waals surface area (Å²) in [5.74, 6) is 0. The fraction of sp³-hybridized carbons (Fsp3) is 1.00. The lowest BCUT2D eigenvalue weighted by Crippen LogP contribution is -2.33. The Hall–Kier alpha value is -0.120. The monoisotopic (exact) mass is 105 g/mol. The van der Waals surface area contributed by atoms with Crippen LogP contribution < -0.4 is 5.73 Å². The molecule has 0 aliphatic carbocycles. The topological polar surface area (TPSA) is 66.5 Å². The van der Waals surface area contributed by atoms with Gasteiger partial charge in [0.15, 0.2) is 0 Å². The largest absolute Gasteiger partial charge is 0.394 e. The number of aliphatic hydroxyl groups is 2. The molecule has 0 aromatic carbocycles. The van der Waals surface area contributed by atoms with Crippen molar-refractivity contribution in [2.24, 2.45) is 5.73 Å². The smallest absolute Gasteiger partial charge is 0.0918 e. The van der Waals surface area contributed by atoms with E-state index in [1.807, 2.05) is 0 Å². The summed E-state index contributed by atoms with van der Waals surface area (Å²) in [5.41, 5.74) is 5.14. The van der Waals surface area contributed by atoms with Crippen LogP contribution in [-0.4, -0.2) is 29.0 Å². The molecule has 3 heteroatoms. The fourth-order valence-electron chi connectivity index (χ4n) is 0.166. The molecule has 0 aromatic heterocycles. The van der Waals surface area contributed by atoms with Gasteiger partial charge in [-0.25, -0.2) is 0 Å². The second-order valence-corrected chi connectivity index (χ2v) is 1.61. The third-order valence-electron chi connectivity index (χ3n) is 0.794. The van der Waals surface area contributed by atoms with Crippen LogP contribution in [0.2, 0.25) is 0 Å². The van der Waals surface area contributed by atoms with E-state index in [2.05, 4.69) is 0 Å². The first-order valence-corrected chi connectivity index (χ1v) is 2.23. The molecule has 0 amide bonds. The van der Waals surface area contributed by atoms with Crippen molar-refractivity contribution in [3.8, 4) is 0 Å². The highest BCUT2D eigenvalue weighted by molar-refractivity contribution is 4.62. The standard InChI is InChI=1S/C4H11NO2/c1-3(5)4(7)2-6/h3-4,6-7H,2,5H2,1H3/t3-,4+/m0/s1. The van der Waals surface area contributed by atoms with E-state index < -0.39 is 6.10 Å². The summed E-state index contributed by atoms with van der Waals surface area (Å²) in [5, 5.41) is 16.7. The van der Waals surface area contributed by atoms with Crippen LogP contribution in [0.1, 0.15) is 6.92 Å². The Bertz CT molecular complexity index is 47.0. The van der Waals surface area contributed by atoms with Gasteiger partial charge in [-0.2, -0.15) is 0 Å². The van der Waals surface area contributed by atoms with Crippen molar-refractivity contribution in [1.82, 2.24) is 0 Å². The van der Waals surface area contributed by atoms with Gasteiger partial charge >= 0.3 is 0 Å². The Morgan fingerprint density at radius 1 is 1.71 bits per heavy atom. The Balaban J connectivity index is 3.14. The van der Waals surface area contributed by atoms with Crippen molar-refractivity contribution >= 4 is 0 Å². The summed E-state index contributed by atoms with van der Waals surface area (Å²) >= 11 is 0. The molecular weight excluding hydrogens is 94.0 g/mol. The molecule has 0 rings (SSSR count). The van der Waals surface area contributed by atoms with E-state index in [-0.39, 0.29) is 12.6 Å². The van der Waals surface area contributed by atoms with Crippen LogP contribution in [0.15, 0.2) is 0 Å². The van der Waals surface area contributed by atoms with Crippen LogP contribution in [0.5, 0.6) is 0 Å². The molecule has 0 aliphatic rings. The molecule has 0 saturated heterocycles. The van der Waals surface area contributed by atoms with E-state index >= 15 is 0 Å². The predicted molar refractivity (Wildman–Crippen MR) is 26.7 cm³/mol. The van der Waals surface area contributed by atoms with Crippen molar-refractivity contribution in [3.05, 3.63) is 0 Å². The van der Waals surface area contributed by atoms with E-state index in [9.17, 15) is 0 Å². The van der Waals surface area contributed by atoms with Gasteiger partial charge in [0.2, 0.25) is 0 Å². The van der Waals surface area contributed by atoms with Gasteiger partial charge in [-0.1, -0.05) is 0 Å². The number of hydrogen-bond donors (Lipinski definition) is 3. The first-order valence-electron chi connectivity index (χ1n) is 2.23. The van der Waals surface area contributed by atoms with Crippen molar-refractivity contribution < 1.29 is 10.2 Å². The van der Waals surface area contributed by atoms with Crippen LogP contribution in [-0.2, 0) is 0 Å². The van der Waals surface area contributed by atoms with Gasteiger partial charge in [0.1, 0.15) is 0 Å². The zero-order valence-electron chi connectivity index (χ0n) is 4.33. The number of nitrogens with two attached hydrogens (primary N) is 1. The molecule has 44 valence electrons. The average molecular weight is 105 g/mol. The minimum atomic E-state index is -0.764. The van der Waals surface area contributed by atoms with E-state index in [4.69, 9.17) is 15.9 Å². The normalized spacial score (nSPS) is 18.9. The maximum atomic E-state index is 8.56. The van der Waals surface area contributed by atoms with Crippen molar-refractivity contribution in [3.63, 3.8) is 0 Å². The highest BCUT2D eigenvalue weighted by atomic mass is 16.3. The summed E-state index contributed by atoms with van der Waals surface area (Å²) in [6.07, 6.45) is -0.764. The van der Waals surface area contributed by atoms with Crippen LogP contribution in [0.25, 0.3) is 0 Å². The Morgan fingerprint density at radius 3 is 2.14 bits per heavy atom. The molecule has 2 atom stereocenters. The summed E-state index contributed by atoms with van der Waals surface area (Å²) in [7, 11) is 0. The Kier molecular flexibility index (Phi) is 2.91. The van der Waals surface area contributed by atoms with Gasteiger partial charge in [0.05, 0.1) is 12.7 Å². The summed E-state index contributed by atoms with van der Waals surface area (Å²) in [4.78, 5) is 0. The second-order valence-electron chi connectivity index (χ2n) is 1.61. The summed E-state index contributed by atoms with van der Waals surface area (Å²) in [6.45, 7) is 1.39. The van der Waals surface area contributed by atoms with Gasteiger partial charge in [0.25, 0.3) is 0 Å². The molecule has 0 aliphatic heterocycles. The quantitative estimate of drug-likeness (QED) is 0.408. The average Bonchev–Trinajstić information content (AvgIpc) is 1.65. The lowest BCUT2D eigenvalue weighted by atomic mass is 10.2. The number of aliphatic hydroxyl groups excluding tert-OH is 2. The van der Waals surface area contributed by atoms with Crippen LogP contribution in [0, 0.1) is 0 Å². The molecule has 0 radical (unpaired) electrons. The molecule has 0 heterocycles. The van der Waals surface area contributed by atoms with Crippen LogP contribution >= 0.6 is 0 Å². The van der Waals surface area contributed by atoms with E-state index in [1.54, 1.807) is 6.92 Å². The van der Waals surface area contributed by atoms with E-state index in [0.717, 1.165) is 0 Å². The van der Waals surface area contributed by atoms with Gasteiger partial charge in [-0.05, 0) is 6.92 Å². The van der Waals surface area contributed by atoms with Crippen molar-refractivity contribution in [1.29, 1.82) is 0 Å². The Morgan fingerprint density at radius 2 is 2.14 bits per heavy atom.